The molecule has 0 radical (unpaired) electrons. The van der Waals surface area contributed by atoms with Crippen molar-refractivity contribution < 1.29 is 28.2 Å². The Kier molecular flexibility index (Phi) is 6.80. The van der Waals surface area contributed by atoms with Gasteiger partial charge in [0.15, 0.2) is 6.10 Å². The minimum Gasteiger partial charge on any atom is -0.462 e. The van der Waals surface area contributed by atoms with E-state index >= 15 is 0 Å². The van der Waals surface area contributed by atoms with E-state index in [1.54, 1.807) is 20.8 Å². The number of halogens is 2. The number of nitrogens with one attached hydrogen (secondary N) is 2. The van der Waals surface area contributed by atoms with E-state index in [1.807, 2.05) is 0 Å². The van der Waals surface area contributed by atoms with E-state index in [9.17, 15) is 18.8 Å². The van der Waals surface area contributed by atoms with Crippen LogP contribution in [0, 0.1) is 19.7 Å². The molecule has 0 saturated carbocycles. The minimum atomic E-state index is -1.15. The molecule has 1 aromatic heterocycles. The van der Waals surface area contributed by atoms with Gasteiger partial charge in [0.25, 0.3) is 5.91 Å². The van der Waals surface area contributed by atoms with E-state index in [0.717, 1.165) is 6.07 Å². The number of amides is 1. The van der Waals surface area contributed by atoms with Gasteiger partial charge in [0.05, 0.1) is 17.2 Å². The second-order valence-electron chi connectivity index (χ2n) is 6.01. The average Bonchev–Trinajstić information content (AvgIpc) is 2.92. The van der Waals surface area contributed by atoms with Crippen molar-refractivity contribution in [1.29, 1.82) is 0 Å². The summed E-state index contributed by atoms with van der Waals surface area (Å²) in [6.45, 7) is 6.48. The van der Waals surface area contributed by atoms with Crippen molar-refractivity contribution in [3.05, 3.63) is 51.6 Å². The van der Waals surface area contributed by atoms with Gasteiger partial charge in [-0.3, -0.25) is 4.79 Å². The molecule has 1 aromatic carbocycles. The Balaban J connectivity index is 2.09. The van der Waals surface area contributed by atoms with Crippen molar-refractivity contribution in [1.82, 2.24) is 4.98 Å². The molecule has 0 unspecified atom stereocenters. The van der Waals surface area contributed by atoms with E-state index in [1.165, 1.54) is 19.1 Å². The van der Waals surface area contributed by atoms with Crippen molar-refractivity contribution in [3.63, 3.8) is 0 Å². The molecule has 28 heavy (non-hydrogen) atoms. The zero-order chi connectivity index (χ0) is 21.0. The van der Waals surface area contributed by atoms with Gasteiger partial charge in [0.1, 0.15) is 11.5 Å². The first-order valence-corrected chi connectivity index (χ1v) is 8.86. The molecule has 0 saturated heterocycles. The number of hydrogen-bond donors (Lipinski definition) is 2. The van der Waals surface area contributed by atoms with Crippen LogP contribution in [0.1, 0.15) is 46.0 Å². The molecular weight excluding hydrogens is 391 g/mol. The van der Waals surface area contributed by atoms with Gasteiger partial charge in [-0.1, -0.05) is 11.6 Å². The van der Waals surface area contributed by atoms with E-state index in [0.29, 0.717) is 11.3 Å². The number of esters is 2. The van der Waals surface area contributed by atoms with Crippen LogP contribution in [0.15, 0.2) is 18.2 Å². The highest BCUT2D eigenvalue weighted by molar-refractivity contribution is 6.31. The lowest BCUT2D eigenvalue weighted by atomic mass is 10.1. The lowest BCUT2D eigenvalue weighted by molar-refractivity contribution is -0.123. The number of ether oxygens (including phenoxy) is 2. The Bertz CT molecular complexity index is 925. The van der Waals surface area contributed by atoms with Crippen LogP contribution >= 0.6 is 11.6 Å². The van der Waals surface area contributed by atoms with Gasteiger partial charge in [-0.25, -0.2) is 14.0 Å². The molecule has 0 aliphatic carbocycles. The Morgan fingerprint density at radius 2 is 1.93 bits per heavy atom. The van der Waals surface area contributed by atoms with E-state index in [-0.39, 0.29) is 28.6 Å². The Hall–Kier alpha value is -2.87. The molecule has 1 heterocycles. The van der Waals surface area contributed by atoms with Gasteiger partial charge >= 0.3 is 11.9 Å². The fraction of sp³-hybridized carbons (Fsp3) is 0.316. The minimum absolute atomic E-state index is 0.0602. The molecule has 1 amide bonds. The number of anilines is 1. The van der Waals surface area contributed by atoms with Crippen LogP contribution < -0.4 is 5.32 Å². The number of aromatic amines is 1. The fourth-order valence-electron chi connectivity index (χ4n) is 2.55. The zero-order valence-electron chi connectivity index (χ0n) is 15.8. The van der Waals surface area contributed by atoms with Crippen LogP contribution in [0.25, 0.3) is 0 Å². The van der Waals surface area contributed by atoms with Gasteiger partial charge in [0, 0.05) is 11.4 Å². The molecule has 0 bridgehead atoms. The third-order valence-electron chi connectivity index (χ3n) is 3.96. The largest absolute Gasteiger partial charge is 0.462 e. The van der Waals surface area contributed by atoms with Crippen molar-refractivity contribution in [2.24, 2.45) is 0 Å². The Morgan fingerprint density at radius 3 is 2.54 bits per heavy atom. The number of aryl methyl sites for hydroxylation is 1. The number of carbonyl (C=O) groups is 3. The summed E-state index contributed by atoms with van der Waals surface area (Å²) in [7, 11) is 0. The van der Waals surface area contributed by atoms with Crippen LogP contribution in [0.2, 0.25) is 5.02 Å². The molecule has 0 spiro atoms. The highest BCUT2D eigenvalue weighted by Crippen LogP contribution is 2.21. The second kappa shape index (κ2) is 8.88. The van der Waals surface area contributed by atoms with Gasteiger partial charge in [-0.05, 0) is 51.5 Å². The number of carbonyl (C=O) groups excluding carboxylic acids is 3. The smallest absolute Gasteiger partial charge is 0.355 e. The van der Waals surface area contributed by atoms with E-state index < -0.39 is 29.8 Å². The first-order valence-electron chi connectivity index (χ1n) is 8.48. The van der Waals surface area contributed by atoms with Crippen LogP contribution in [0.4, 0.5) is 10.1 Å². The molecule has 7 nitrogen and oxygen atoms in total. The van der Waals surface area contributed by atoms with Crippen molar-refractivity contribution >= 4 is 35.1 Å². The third-order valence-corrected chi connectivity index (χ3v) is 4.25. The number of hydrogen-bond acceptors (Lipinski definition) is 5. The third kappa shape index (κ3) is 4.69. The maximum Gasteiger partial charge on any atom is 0.355 e. The summed E-state index contributed by atoms with van der Waals surface area (Å²) in [6.07, 6.45) is -1.15. The van der Waals surface area contributed by atoms with Crippen LogP contribution in [-0.4, -0.2) is 35.5 Å². The molecule has 1 atom stereocenters. The summed E-state index contributed by atoms with van der Waals surface area (Å²) in [6, 6.07) is 3.68. The van der Waals surface area contributed by atoms with Crippen LogP contribution in [0.5, 0.6) is 0 Å². The number of aromatic nitrogens is 1. The van der Waals surface area contributed by atoms with Crippen LogP contribution in [-0.2, 0) is 14.3 Å². The van der Waals surface area contributed by atoms with Gasteiger partial charge < -0.3 is 19.8 Å². The topological polar surface area (TPSA) is 97.5 Å². The van der Waals surface area contributed by atoms with Crippen molar-refractivity contribution in [3.8, 4) is 0 Å². The van der Waals surface area contributed by atoms with Gasteiger partial charge in [-0.2, -0.15) is 0 Å². The Morgan fingerprint density at radius 1 is 1.25 bits per heavy atom. The molecule has 2 rings (SSSR count). The first kappa shape index (κ1) is 21.4. The fourth-order valence-corrected chi connectivity index (χ4v) is 2.73. The molecule has 2 aromatic rings. The molecule has 0 aliphatic heterocycles. The predicted molar refractivity (Wildman–Crippen MR) is 101 cm³/mol. The SMILES string of the molecule is CCOC(=O)c1c(C)[nH]c(C(=O)O[C@H](C)C(=O)Nc2ccc(F)c(Cl)c2)c1C. The molecule has 0 fully saturated rings. The quantitative estimate of drug-likeness (QED) is 0.706. The maximum absolute atomic E-state index is 13.2. The average molecular weight is 411 g/mol. The maximum atomic E-state index is 13.2. The normalized spacial score (nSPS) is 11.6. The number of benzene rings is 1. The highest BCUT2D eigenvalue weighted by atomic mass is 35.5. The lowest BCUT2D eigenvalue weighted by Gasteiger charge is -2.13. The summed E-state index contributed by atoms with van der Waals surface area (Å²) in [4.78, 5) is 39.4. The summed E-state index contributed by atoms with van der Waals surface area (Å²) in [5, 5.41) is 2.33. The molecule has 2 N–H and O–H groups in total. The molecule has 0 aliphatic rings. The zero-order valence-corrected chi connectivity index (χ0v) is 16.6. The summed E-state index contributed by atoms with van der Waals surface area (Å²) >= 11 is 5.67. The van der Waals surface area contributed by atoms with Gasteiger partial charge in [0.2, 0.25) is 0 Å². The monoisotopic (exact) mass is 410 g/mol. The van der Waals surface area contributed by atoms with Crippen molar-refractivity contribution in [2.45, 2.75) is 33.8 Å². The first-order chi connectivity index (χ1) is 13.1. The van der Waals surface area contributed by atoms with E-state index in [4.69, 9.17) is 21.1 Å². The highest BCUT2D eigenvalue weighted by Gasteiger charge is 2.26. The van der Waals surface area contributed by atoms with Gasteiger partial charge in [-0.15, -0.1) is 0 Å². The molecular formula is C19H20ClFN2O5. The Labute approximate surface area is 166 Å². The number of H-pyrrole nitrogens is 1. The predicted octanol–water partition coefficient (Wildman–Crippen LogP) is 3.78. The van der Waals surface area contributed by atoms with Crippen molar-refractivity contribution in [2.75, 3.05) is 11.9 Å². The second-order valence-corrected chi connectivity index (χ2v) is 6.42. The summed E-state index contributed by atoms with van der Waals surface area (Å²) in [5.41, 5.74) is 1.41. The van der Waals surface area contributed by atoms with Crippen LogP contribution in [0.3, 0.4) is 0 Å². The summed E-state index contributed by atoms with van der Waals surface area (Å²) < 4.78 is 23.3. The lowest BCUT2D eigenvalue weighted by Crippen LogP contribution is -2.30. The van der Waals surface area contributed by atoms with E-state index in [2.05, 4.69) is 10.3 Å². The number of rotatable bonds is 6. The summed E-state index contributed by atoms with van der Waals surface area (Å²) in [5.74, 6) is -2.58. The molecule has 150 valence electrons. The standard InChI is InChI=1S/C19H20ClFN2O5/c1-5-27-18(25)15-9(2)16(22-10(15)3)19(26)28-11(4)17(24)23-12-6-7-14(21)13(20)8-12/h6-8,11,22H,5H2,1-4H3,(H,23,24)/t11-/m1/s1. The molecule has 9 heteroatoms.